The normalized spacial score (nSPS) is 11.8. The molecule has 1 aromatic heterocycles. The zero-order valence-corrected chi connectivity index (χ0v) is 11.5. The topological polar surface area (TPSA) is 19.6 Å². The number of nitrogens with zero attached hydrogens (tertiary/aromatic N) is 2. The van der Waals surface area contributed by atoms with Crippen LogP contribution >= 0.6 is 0 Å². The van der Waals surface area contributed by atoms with Crippen LogP contribution in [0.15, 0.2) is 34.7 Å². The third kappa shape index (κ3) is 3.34. The quantitative estimate of drug-likeness (QED) is 0.781. The van der Waals surface area contributed by atoms with Gasteiger partial charge in [0.05, 0.1) is 6.54 Å². The molecule has 0 unspecified atom stereocenters. The molecule has 0 amide bonds. The van der Waals surface area contributed by atoms with E-state index in [1.54, 1.807) is 0 Å². The molecular formula is C15H22N2O. The van der Waals surface area contributed by atoms with Gasteiger partial charge in [-0.05, 0) is 32.8 Å². The minimum Gasteiger partial charge on any atom is -0.460 e. The lowest BCUT2D eigenvalue weighted by molar-refractivity contribution is 0.229. The Labute approximate surface area is 109 Å². The third-order valence-corrected chi connectivity index (χ3v) is 3.17. The van der Waals surface area contributed by atoms with Crippen molar-refractivity contribution in [3.63, 3.8) is 0 Å². The van der Waals surface area contributed by atoms with Crippen molar-refractivity contribution in [3.05, 3.63) is 36.1 Å². The van der Waals surface area contributed by atoms with E-state index in [1.165, 1.54) is 5.39 Å². The van der Waals surface area contributed by atoms with Crippen molar-refractivity contribution in [2.45, 2.75) is 13.5 Å². The van der Waals surface area contributed by atoms with E-state index in [0.29, 0.717) is 0 Å². The maximum Gasteiger partial charge on any atom is 0.134 e. The van der Waals surface area contributed by atoms with Gasteiger partial charge in [0.15, 0.2) is 0 Å². The summed E-state index contributed by atoms with van der Waals surface area (Å²) >= 11 is 0. The van der Waals surface area contributed by atoms with Crippen molar-refractivity contribution in [2.24, 2.45) is 0 Å². The highest BCUT2D eigenvalue weighted by Crippen LogP contribution is 2.19. The fraction of sp³-hybridized carbons (Fsp3) is 0.467. The van der Waals surface area contributed by atoms with Crippen LogP contribution in [0.4, 0.5) is 0 Å². The predicted molar refractivity (Wildman–Crippen MR) is 75.7 cm³/mol. The number of hydrogen-bond donors (Lipinski definition) is 0. The van der Waals surface area contributed by atoms with Crippen molar-refractivity contribution in [1.29, 1.82) is 0 Å². The summed E-state index contributed by atoms with van der Waals surface area (Å²) in [6.45, 7) is 6.27. The first kappa shape index (κ1) is 13.1. The summed E-state index contributed by atoms with van der Waals surface area (Å²) in [4.78, 5) is 4.61. The van der Waals surface area contributed by atoms with E-state index in [-0.39, 0.29) is 0 Å². The molecule has 2 aromatic rings. The van der Waals surface area contributed by atoms with Crippen LogP contribution in [0, 0.1) is 0 Å². The second-order valence-corrected chi connectivity index (χ2v) is 4.92. The average molecular weight is 246 g/mol. The van der Waals surface area contributed by atoms with Crippen molar-refractivity contribution in [2.75, 3.05) is 33.7 Å². The summed E-state index contributed by atoms with van der Waals surface area (Å²) in [6, 6.07) is 10.3. The maximum absolute atomic E-state index is 5.85. The van der Waals surface area contributed by atoms with E-state index in [2.05, 4.69) is 43.0 Å². The number of likely N-dealkylation sites (N-methyl/N-ethyl adjacent to an activating group) is 2. The molecule has 0 saturated carbocycles. The first-order chi connectivity index (χ1) is 8.69. The number of para-hydroxylation sites is 1. The van der Waals surface area contributed by atoms with Crippen LogP contribution in [0.25, 0.3) is 11.0 Å². The van der Waals surface area contributed by atoms with E-state index in [0.717, 1.165) is 37.5 Å². The molecule has 0 spiro atoms. The van der Waals surface area contributed by atoms with Gasteiger partial charge in [-0.25, -0.2) is 0 Å². The smallest absolute Gasteiger partial charge is 0.134 e. The Hall–Kier alpha value is -1.32. The van der Waals surface area contributed by atoms with Crippen LogP contribution in [0.3, 0.4) is 0 Å². The van der Waals surface area contributed by atoms with Crippen LogP contribution < -0.4 is 0 Å². The molecule has 0 aliphatic carbocycles. The van der Waals surface area contributed by atoms with Crippen molar-refractivity contribution in [3.8, 4) is 0 Å². The van der Waals surface area contributed by atoms with E-state index in [1.807, 2.05) is 18.2 Å². The molecule has 0 atom stereocenters. The summed E-state index contributed by atoms with van der Waals surface area (Å²) in [5.41, 5.74) is 0.983. The molecule has 3 nitrogen and oxygen atoms in total. The molecule has 3 heteroatoms. The number of furan rings is 1. The number of benzene rings is 1. The Balaban J connectivity index is 2.02. The van der Waals surface area contributed by atoms with Crippen LogP contribution in [0.2, 0.25) is 0 Å². The van der Waals surface area contributed by atoms with Gasteiger partial charge in [-0.3, -0.25) is 4.90 Å². The van der Waals surface area contributed by atoms with Gasteiger partial charge in [-0.15, -0.1) is 0 Å². The maximum atomic E-state index is 5.85. The summed E-state index contributed by atoms with van der Waals surface area (Å²) < 4.78 is 5.85. The highest BCUT2D eigenvalue weighted by molar-refractivity contribution is 5.77. The largest absolute Gasteiger partial charge is 0.460 e. The molecule has 18 heavy (non-hydrogen) atoms. The molecule has 0 saturated heterocycles. The van der Waals surface area contributed by atoms with Crippen molar-refractivity contribution < 1.29 is 4.42 Å². The highest BCUT2D eigenvalue weighted by Gasteiger charge is 2.08. The minimum absolute atomic E-state index is 0.888. The Bertz CT molecular complexity index is 457. The van der Waals surface area contributed by atoms with E-state index >= 15 is 0 Å². The average Bonchev–Trinajstić information content (AvgIpc) is 2.76. The van der Waals surface area contributed by atoms with E-state index in [4.69, 9.17) is 4.42 Å². The van der Waals surface area contributed by atoms with Crippen LogP contribution in [0.5, 0.6) is 0 Å². The lowest BCUT2D eigenvalue weighted by Crippen LogP contribution is -2.31. The monoisotopic (exact) mass is 246 g/mol. The molecule has 2 rings (SSSR count). The highest BCUT2D eigenvalue weighted by atomic mass is 16.3. The second-order valence-electron chi connectivity index (χ2n) is 4.92. The van der Waals surface area contributed by atoms with Gasteiger partial charge in [-0.2, -0.15) is 0 Å². The summed E-state index contributed by atoms with van der Waals surface area (Å²) in [6.07, 6.45) is 0. The van der Waals surface area contributed by atoms with Gasteiger partial charge in [0.1, 0.15) is 11.3 Å². The van der Waals surface area contributed by atoms with Crippen LogP contribution in [-0.2, 0) is 6.54 Å². The van der Waals surface area contributed by atoms with E-state index in [9.17, 15) is 0 Å². The lowest BCUT2D eigenvalue weighted by atomic mass is 10.2. The Kier molecular flexibility index (Phi) is 4.39. The Morgan fingerprint density at radius 2 is 1.89 bits per heavy atom. The molecule has 0 radical (unpaired) electrons. The van der Waals surface area contributed by atoms with Crippen molar-refractivity contribution in [1.82, 2.24) is 9.80 Å². The molecule has 0 aliphatic rings. The molecule has 0 fully saturated rings. The molecule has 0 bridgehead atoms. The van der Waals surface area contributed by atoms with Gasteiger partial charge in [0.25, 0.3) is 0 Å². The molecule has 98 valence electrons. The van der Waals surface area contributed by atoms with Crippen molar-refractivity contribution >= 4 is 11.0 Å². The fourth-order valence-corrected chi connectivity index (χ4v) is 2.03. The standard InChI is InChI=1S/C15H22N2O/c1-4-17(10-9-16(2)3)12-14-11-13-7-5-6-8-15(13)18-14/h5-8,11H,4,9-10,12H2,1-3H3. The molecular weight excluding hydrogens is 224 g/mol. The van der Waals surface area contributed by atoms with Gasteiger partial charge in [0, 0.05) is 18.5 Å². The molecule has 1 heterocycles. The Morgan fingerprint density at radius 1 is 1.11 bits per heavy atom. The molecule has 0 aliphatic heterocycles. The molecule has 0 N–H and O–H groups in total. The molecule has 1 aromatic carbocycles. The fourth-order valence-electron chi connectivity index (χ4n) is 2.03. The number of hydrogen-bond acceptors (Lipinski definition) is 3. The first-order valence-electron chi connectivity index (χ1n) is 6.53. The summed E-state index contributed by atoms with van der Waals surface area (Å²) in [5.74, 6) is 1.05. The van der Waals surface area contributed by atoms with Gasteiger partial charge in [0.2, 0.25) is 0 Å². The lowest BCUT2D eigenvalue weighted by Gasteiger charge is -2.21. The SMILES string of the molecule is CCN(CCN(C)C)Cc1cc2ccccc2o1. The zero-order chi connectivity index (χ0) is 13.0. The zero-order valence-electron chi connectivity index (χ0n) is 11.5. The predicted octanol–water partition coefficient (Wildman–Crippen LogP) is 2.82. The number of rotatable bonds is 6. The minimum atomic E-state index is 0.888. The number of fused-ring (bicyclic) bond motifs is 1. The van der Waals surface area contributed by atoms with Crippen LogP contribution in [0.1, 0.15) is 12.7 Å². The van der Waals surface area contributed by atoms with Gasteiger partial charge < -0.3 is 9.32 Å². The van der Waals surface area contributed by atoms with Gasteiger partial charge in [-0.1, -0.05) is 25.1 Å². The summed E-state index contributed by atoms with van der Waals surface area (Å²) in [5, 5.41) is 1.19. The Morgan fingerprint density at radius 3 is 2.56 bits per heavy atom. The third-order valence-electron chi connectivity index (χ3n) is 3.17. The second kappa shape index (κ2) is 6.03. The van der Waals surface area contributed by atoms with Gasteiger partial charge >= 0.3 is 0 Å². The first-order valence-corrected chi connectivity index (χ1v) is 6.53. The van der Waals surface area contributed by atoms with E-state index < -0.39 is 0 Å². The van der Waals surface area contributed by atoms with Crippen LogP contribution in [-0.4, -0.2) is 43.5 Å². The summed E-state index contributed by atoms with van der Waals surface area (Å²) in [7, 11) is 4.21.